The Kier molecular flexibility index (Phi) is 3.19. The fourth-order valence-corrected chi connectivity index (χ4v) is 3.06. The minimum absolute atomic E-state index is 0.106. The third-order valence-electron chi connectivity index (χ3n) is 2.00. The van der Waals surface area contributed by atoms with Gasteiger partial charge in [-0.1, -0.05) is 0 Å². The van der Waals surface area contributed by atoms with E-state index in [0.29, 0.717) is 15.8 Å². The first-order valence-corrected chi connectivity index (χ1v) is 7.20. The molecule has 92 valence electrons. The number of aromatic nitrogens is 3. The minimum Gasteiger partial charge on any atom is -0.343 e. The van der Waals surface area contributed by atoms with E-state index in [1.54, 1.807) is 13.8 Å². The molecule has 0 bridgehead atoms. The van der Waals surface area contributed by atoms with Crippen molar-refractivity contribution in [3.05, 3.63) is 17.0 Å². The van der Waals surface area contributed by atoms with Crippen LogP contribution in [0.1, 0.15) is 13.8 Å². The number of rotatable bonds is 3. The summed E-state index contributed by atoms with van der Waals surface area (Å²) < 4.78 is 27.0. The van der Waals surface area contributed by atoms with Crippen molar-refractivity contribution < 1.29 is 8.42 Å². The molecule has 2 aromatic rings. The molecule has 0 aromatic carbocycles. The van der Waals surface area contributed by atoms with Crippen molar-refractivity contribution in [1.29, 1.82) is 0 Å². The molecule has 17 heavy (non-hydrogen) atoms. The lowest BCUT2D eigenvalue weighted by molar-refractivity contribution is 0.570. The van der Waals surface area contributed by atoms with E-state index in [9.17, 15) is 8.42 Å². The summed E-state index contributed by atoms with van der Waals surface area (Å²) in [4.78, 5) is 11.0. The SMILES string of the molecule is CC(C)NS(=O)(=O)c1c[nH]c2ncc(Br)nc12. The van der Waals surface area contributed by atoms with Crippen LogP contribution in [0.5, 0.6) is 0 Å². The Balaban J connectivity index is 2.60. The van der Waals surface area contributed by atoms with Gasteiger partial charge in [-0.3, -0.25) is 0 Å². The molecule has 0 saturated heterocycles. The van der Waals surface area contributed by atoms with E-state index in [1.807, 2.05) is 0 Å². The number of nitrogens with zero attached hydrogens (tertiary/aromatic N) is 2. The van der Waals surface area contributed by atoms with E-state index in [-0.39, 0.29) is 10.9 Å². The largest absolute Gasteiger partial charge is 0.343 e. The molecule has 2 N–H and O–H groups in total. The molecular formula is C9H11BrN4O2S. The van der Waals surface area contributed by atoms with Crippen LogP contribution >= 0.6 is 15.9 Å². The second kappa shape index (κ2) is 4.35. The summed E-state index contributed by atoms with van der Waals surface area (Å²) in [7, 11) is -3.56. The van der Waals surface area contributed by atoms with Gasteiger partial charge in [-0.25, -0.2) is 23.1 Å². The molecule has 0 radical (unpaired) electrons. The average molecular weight is 319 g/mol. The van der Waals surface area contributed by atoms with E-state index >= 15 is 0 Å². The summed E-state index contributed by atoms with van der Waals surface area (Å²) in [5.41, 5.74) is 0.768. The zero-order valence-corrected chi connectivity index (χ0v) is 11.6. The van der Waals surface area contributed by atoms with Crippen LogP contribution in [0.2, 0.25) is 0 Å². The van der Waals surface area contributed by atoms with E-state index in [0.717, 1.165) is 0 Å². The molecule has 2 rings (SSSR count). The maximum atomic E-state index is 12.0. The molecule has 0 unspecified atom stereocenters. The minimum atomic E-state index is -3.56. The summed E-state index contributed by atoms with van der Waals surface area (Å²) in [6.07, 6.45) is 2.90. The molecule has 0 aliphatic carbocycles. The summed E-state index contributed by atoms with van der Waals surface area (Å²) >= 11 is 3.17. The summed E-state index contributed by atoms with van der Waals surface area (Å²) in [6, 6.07) is -0.176. The Labute approximate surface area is 107 Å². The van der Waals surface area contributed by atoms with Crippen molar-refractivity contribution in [2.45, 2.75) is 24.8 Å². The Morgan fingerprint density at radius 1 is 1.47 bits per heavy atom. The van der Waals surface area contributed by atoms with Crippen molar-refractivity contribution >= 4 is 37.1 Å². The van der Waals surface area contributed by atoms with Gasteiger partial charge in [-0.05, 0) is 29.8 Å². The molecule has 0 saturated carbocycles. The van der Waals surface area contributed by atoms with E-state index < -0.39 is 10.0 Å². The molecule has 0 fully saturated rings. The Morgan fingerprint density at radius 3 is 2.82 bits per heavy atom. The fourth-order valence-electron chi connectivity index (χ4n) is 1.43. The second-order valence-electron chi connectivity index (χ2n) is 3.82. The van der Waals surface area contributed by atoms with Gasteiger partial charge in [0.2, 0.25) is 10.0 Å². The number of hydrogen-bond donors (Lipinski definition) is 2. The highest BCUT2D eigenvalue weighted by molar-refractivity contribution is 9.10. The predicted molar refractivity (Wildman–Crippen MR) is 67.0 cm³/mol. The van der Waals surface area contributed by atoms with E-state index in [2.05, 4.69) is 35.6 Å². The molecule has 0 aliphatic rings. The summed E-state index contributed by atoms with van der Waals surface area (Å²) in [6.45, 7) is 3.52. The number of nitrogens with one attached hydrogen (secondary N) is 2. The van der Waals surface area contributed by atoms with Gasteiger partial charge in [0.05, 0.1) is 6.20 Å². The Bertz CT molecular complexity index is 650. The molecule has 0 aliphatic heterocycles. The van der Waals surface area contributed by atoms with Crippen LogP contribution in [0.3, 0.4) is 0 Å². The molecule has 2 heterocycles. The monoisotopic (exact) mass is 318 g/mol. The lowest BCUT2D eigenvalue weighted by atomic mass is 10.4. The standard InChI is InChI=1S/C9H11BrN4O2S/c1-5(2)14-17(15,16)6-3-11-9-8(6)13-7(10)4-12-9/h3-5,14H,1-2H3,(H,11,12). The number of H-pyrrole nitrogens is 1. The first-order chi connectivity index (χ1) is 7.90. The van der Waals surface area contributed by atoms with Crippen molar-refractivity contribution in [2.24, 2.45) is 0 Å². The molecule has 6 nitrogen and oxygen atoms in total. The van der Waals surface area contributed by atoms with Gasteiger partial charge < -0.3 is 4.98 Å². The molecule has 0 spiro atoms. The first-order valence-electron chi connectivity index (χ1n) is 4.92. The highest BCUT2D eigenvalue weighted by Gasteiger charge is 2.21. The zero-order chi connectivity index (χ0) is 12.6. The van der Waals surface area contributed by atoms with Gasteiger partial charge in [0.15, 0.2) is 5.65 Å². The van der Waals surface area contributed by atoms with Crippen LogP contribution in [0.25, 0.3) is 11.2 Å². The first kappa shape index (κ1) is 12.5. The quantitative estimate of drug-likeness (QED) is 0.895. The highest BCUT2D eigenvalue weighted by Crippen LogP contribution is 2.20. The second-order valence-corrected chi connectivity index (χ2v) is 6.31. The normalized spacial score (nSPS) is 12.5. The third kappa shape index (κ3) is 2.48. The molecule has 2 aromatic heterocycles. The molecule has 0 amide bonds. The van der Waals surface area contributed by atoms with Crippen molar-refractivity contribution in [3.63, 3.8) is 0 Å². The lowest BCUT2D eigenvalue weighted by Gasteiger charge is -2.07. The van der Waals surface area contributed by atoms with Gasteiger partial charge in [0, 0.05) is 12.2 Å². The van der Waals surface area contributed by atoms with Gasteiger partial charge in [-0.15, -0.1) is 0 Å². The van der Waals surface area contributed by atoms with Gasteiger partial charge in [0.25, 0.3) is 0 Å². The number of hydrogen-bond acceptors (Lipinski definition) is 4. The average Bonchev–Trinajstić information content (AvgIpc) is 2.58. The van der Waals surface area contributed by atoms with Crippen molar-refractivity contribution in [2.75, 3.05) is 0 Å². The zero-order valence-electron chi connectivity index (χ0n) is 9.23. The summed E-state index contributed by atoms with van der Waals surface area (Å²) in [5.74, 6) is 0. The Morgan fingerprint density at radius 2 is 2.18 bits per heavy atom. The summed E-state index contributed by atoms with van der Waals surface area (Å²) in [5, 5.41) is 0. The van der Waals surface area contributed by atoms with Crippen LogP contribution in [0.15, 0.2) is 21.9 Å². The molecular weight excluding hydrogens is 308 g/mol. The van der Waals surface area contributed by atoms with Crippen molar-refractivity contribution in [3.8, 4) is 0 Å². The number of halogens is 1. The van der Waals surface area contributed by atoms with Crippen LogP contribution in [-0.2, 0) is 10.0 Å². The predicted octanol–water partition coefficient (Wildman–Crippen LogP) is 1.41. The third-order valence-corrected chi connectivity index (χ3v) is 4.05. The van der Waals surface area contributed by atoms with Crippen LogP contribution in [0.4, 0.5) is 0 Å². The van der Waals surface area contributed by atoms with Crippen LogP contribution in [0, 0.1) is 0 Å². The van der Waals surface area contributed by atoms with E-state index in [4.69, 9.17) is 0 Å². The number of fused-ring (bicyclic) bond motifs is 1. The van der Waals surface area contributed by atoms with Crippen molar-refractivity contribution in [1.82, 2.24) is 19.7 Å². The number of aromatic amines is 1. The van der Waals surface area contributed by atoms with Crippen LogP contribution in [-0.4, -0.2) is 29.4 Å². The molecule has 8 heteroatoms. The maximum absolute atomic E-state index is 12.0. The Hall–Kier alpha value is -0.990. The topological polar surface area (TPSA) is 87.7 Å². The number of sulfonamides is 1. The van der Waals surface area contributed by atoms with Gasteiger partial charge >= 0.3 is 0 Å². The smallest absolute Gasteiger partial charge is 0.244 e. The van der Waals surface area contributed by atoms with Gasteiger partial charge in [-0.2, -0.15) is 0 Å². The highest BCUT2D eigenvalue weighted by atomic mass is 79.9. The lowest BCUT2D eigenvalue weighted by Crippen LogP contribution is -2.30. The van der Waals surface area contributed by atoms with E-state index in [1.165, 1.54) is 12.4 Å². The van der Waals surface area contributed by atoms with Crippen LogP contribution < -0.4 is 4.72 Å². The van der Waals surface area contributed by atoms with Gasteiger partial charge in [0.1, 0.15) is 15.0 Å². The fraction of sp³-hybridized carbons (Fsp3) is 0.333. The maximum Gasteiger partial charge on any atom is 0.244 e. The molecule has 0 atom stereocenters.